The number of alkyl halides is 3. The van der Waals surface area contributed by atoms with E-state index < -0.39 is 22.5 Å². The molecule has 0 radical (unpaired) electrons. The second kappa shape index (κ2) is 4.09. The van der Waals surface area contributed by atoms with E-state index in [1.165, 1.54) is 12.3 Å². The van der Waals surface area contributed by atoms with Crippen LogP contribution in [-0.2, 0) is 6.18 Å². The van der Waals surface area contributed by atoms with Crippen LogP contribution in [0, 0.1) is 10.1 Å². The number of nitrogens with zero attached hydrogens (tertiary/aromatic N) is 4. The highest BCUT2D eigenvalue weighted by Gasteiger charge is 2.34. The van der Waals surface area contributed by atoms with Gasteiger partial charge in [-0.05, 0) is 12.1 Å². The SMILES string of the molecule is O=[N+]([O-])c1cnccc1-n1ccc(C(F)(F)F)n1. The summed E-state index contributed by atoms with van der Waals surface area (Å²) in [6.07, 6.45) is -1.40. The van der Waals surface area contributed by atoms with Crippen LogP contribution in [0.4, 0.5) is 18.9 Å². The fourth-order valence-electron chi connectivity index (χ4n) is 1.32. The van der Waals surface area contributed by atoms with E-state index in [0.29, 0.717) is 0 Å². The number of rotatable bonds is 2. The lowest BCUT2D eigenvalue weighted by molar-refractivity contribution is -0.385. The van der Waals surface area contributed by atoms with E-state index in [1.807, 2.05) is 0 Å². The zero-order valence-electron chi connectivity index (χ0n) is 8.63. The van der Waals surface area contributed by atoms with Crippen LogP contribution in [0.15, 0.2) is 30.7 Å². The minimum atomic E-state index is -4.59. The van der Waals surface area contributed by atoms with Crippen LogP contribution in [0.2, 0.25) is 0 Å². The monoisotopic (exact) mass is 258 g/mol. The number of nitro groups is 1. The Balaban J connectivity index is 2.50. The zero-order chi connectivity index (χ0) is 13.3. The second-order valence-corrected chi connectivity index (χ2v) is 3.26. The summed E-state index contributed by atoms with van der Waals surface area (Å²) in [6.45, 7) is 0. The van der Waals surface area contributed by atoms with Crippen LogP contribution in [0.3, 0.4) is 0 Å². The lowest BCUT2D eigenvalue weighted by atomic mass is 10.3. The number of aromatic nitrogens is 3. The van der Waals surface area contributed by atoms with Gasteiger partial charge in [-0.1, -0.05) is 0 Å². The van der Waals surface area contributed by atoms with Crippen LogP contribution in [0.25, 0.3) is 5.69 Å². The van der Waals surface area contributed by atoms with E-state index in [9.17, 15) is 23.3 Å². The summed E-state index contributed by atoms with van der Waals surface area (Å²) in [5.41, 5.74) is -1.62. The van der Waals surface area contributed by atoms with Gasteiger partial charge < -0.3 is 0 Å². The first-order valence-corrected chi connectivity index (χ1v) is 4.61. The number of hydrogen-bond donors (Lipinski definition) is 0. The third-order valence-electron chi connectivity index (χ3n) is 2.10. The van der Waals surface area contributed by atoms with Crippen molar-refractivity contribution in [3.05, 3.63) is 46.5 Å². The Bertz CT molecular complexity index is 593. The van der Waals surface area contributed by atoms with Crippen molar-refractivity contribution in [3.63, 3.8) is 0 Å². The van der Waals surface area contributed by atoms with E-state index in [1.54, 1.807) is 0 Å². The van der Waals surface area contributed by atoms with Crippen molar-refractivity contribution in [1.82, 2.24) is 14.8 Å². The first-order valence-electron chi connectivity index (χ1n) is 4.61. The number of halogens is 3. The molecule has 0 aromatic carbocycles. The smallest absolute Gasteiger partial charge is 0.258 e. The maximum Gasteiger partial charge on any atom is 0.435 e. The molecule has 0 spiro atoms. The highest BCUT2D eigenvalue weighted by atomic mass is 19.4. The summed E-state index contributed by atoms with van der Waals surface area (Å²) in [4.78, 5) is 13.5. The molecule has 0 amide bonds. The lowest BCUT2D eigenvalue weighted by Crippen LogP contribution is -2.08. The molecule has 0 N–H and O–H groups in total. The van der Waals surface area contributed by atoms with Crippen LogP contribution >= 0.6 is 0 Å². The van der Waals surface area contributed by atoms with Crippen molar-refractivity contribution in [2.24, 2.45) is 0 Å². The first kappa shape index (κ1) is 12.0. The second-order valence-electron chi connectivity index (χ2n) is 3.26. The normalized spacial score (nSPS) is 11.5. The third-order valence-corrected chi connectivity index (χ3v) is 2.10. The summed E-state index contributed by atoms with van der Waals surface area (Å²) < 4.78 is 37.9. The molecule has 0 aliphatic heterocycles. The maximum atomic E-state index is 12.4. The molecular weight excluding hydrogens is 253 g/mol. The molecular formula is C9H5F3N4O2. The summed E-state index contributed by atoms with van der Waals surface area (Å²) >= 11 is 0. The summed E-state index contributed by atoms with van der Waals surface area (Å²) in [5.74, 6) is 0. The Morgan fingerprint density at radius 1 is 1.33 bits per heavy atom. The van der Waals surface area contributed by atoms with Crippen LogP contribution in [0.5, 0.6) is 0 Å². The molecule has 6 nitrogen and oxygen atoms in total. The predicted octanol–water partition coefficient (Wildman–Crippen LogP) is 2.19. The standard InChI is InChI=1S/C9H5F3N4O2/c10-9(11,12)8-2-4-15(14-8)6-1-3-13-5-7(6)16(17)18/h1-5H. The molecule has 0 unspecified atom stereocenters. The van der Waals surface area contributed by atoms with Gasteiger partial charge in [0, 0.05) is 12.4 Å². The number of pyridine rings is 1. The molecule has 2 aromatic rings. The molecule has 0 bridgehead atoms. The molecule has 2 heterocycles. The Morgan fingerprint density at radius 3 is 2.61 bits per heavy atom. The van der Waals surface area contributed by atoms with Gasteiger partial charge in [0.1, 0.15) is 11.9 Å². The largest absolute Gasteiger partial charge is 0.435 e. The maximum absolute atomic E-state index is 12.4. The molecule has 2 rings (SSSR count). The van der Waals surface area contributed by atoms with Gasteiger partial charge in [0.05, 0.1) is 4.92 Å². The minimum absolute atomic E-state index is 0.0782. The molecule has 0 aliphatic carbocycles. The van der Waals surface area contributed by atoms with Crippen LogP contribution in [-0.4, -0.2) is 19.7 Å². The summed E-state index contributed by atoms with van der Waals surface area (Å²) in [7, 11) is 0. The van der Waals surface area contributed by atoms with Gasteiger partial charge in [-0.2, -0.15) is 18.3 Å². The van der Waals surface area contributed by atoms with Crippen molar-refractivity contribution in [1.29, 1.82) is 0 Å². The zero-order valence-corrected chi connectivity index (χ0v) is 8.63. The predicted molar refractivity (Wildman–Crippen MR) is 53.0 cm³/mol. The van der Waals surface area contributed by atoms with E-state index in [0.717, 1.165) is 23.1 Å². The van der Waals surface area contributed by atoms with E-state index in [2.05, 4.69) is 10.1 Å². The van der Waals surface area contributed by atoms with Gasteiger partial charge in [0.15, 0.2) is 5.69 Å². The van der Waals surface area contributed by atoms with Crippen LogP contribution in [0.1, 0.15) is 5.69 Å². The third kappa shape index (κ3) is 2.14. The van der Waals surface area contributed by atoms with Crippen molar-refractivity contribution in [3.8, 4) is 5.69 Å². The van der Waals surface area contributed by atoms with E-state index >= 15 is 0 Å². The van der Waals surface area contributed by atoms with E-state index in [-0.39, 0.29) is 5.69 Å². The molecule has 0 fully saturated rings. The molecule has 0 aliphatic rings. The van der Waals surface area contributed by atoms with Gasteiger partial charge in [-0.15, -0.1) is 0 Å². The van der Waals surface area contributed by atoms with Crippen molar-refractivity contribution in [2.45, 2.75) is 6.18 Å². The highest BCUT2D eigenvalue weighted by Crippen LogP contribution is 2.29. The van der Waals surface area contributed by atoms with Crippen molar-refractivity contribution < 1.29 is 18.1 Å². The fourth-order valence-corrected chi connectivity index (χ4v) is 1.32. The average Bonchev–Trinajstić information content (AvgIpc) is 2.77. The minimum Gasteiger partial charge on any atom is -0.258 e. The summed E-state index contributed by atoms with van der Waals surface area (Å²) in [6, 6.07) is 1.95. The molecule has 9 heteroatoms. The lowest BCUT2D eigenvalue weighted by Gasteiger charge is -2.03. The average molecular weight is 258 g/mol. The van der Waals surface area contributed by atoms with Gasteiger partial charge in [-0.3, -0.25) is 15.1 Å². The Kier molecular flexibility index (Phi) is 2.73. The molecule has 2 aromatic heterocycles. The van der Waals surface area contributed by atoms with E-state index in [4.69, 9.17) is 0 Å². The Hall–Kier alpha value is -2.45. The topological polar surface area (TPSA) is 73.8 Å². The van der Waals surface area contributed by atoms with Crippen LogP contribution < -0.4 is 0 Å². The van der Waals surface area contributed by atoms with Gasteiger partial charge in [-0.25, -0.2) is 4.68 Å². The fraction of sp³-hybridized carbons (Fsp3) is 0.111. The first-order chi connectivity index (χ1) is 8.39. The molecule has 18 heavy (non-hydrogen) atoms. The molecule has 94 valence electrons. The summed E-state index contributed by atoms with van der Waals surface area (Å²) in [5, 5.41) is 14.0. The Labute approximate surface area is 97.8 Å². The molecule has 0 saturated carbocycles. The van der Waals surface area contributed by atoms with Gasteiger partial charge in [0.25, 0.3) is 0 Å². The van der Waals surface area contributed by atoms with Gasteiger partial charge >= 0.3 is 11.9 Å². The van der Waals surface area contributed by atoms with Crippen molar-refractivity contribution in [2.75, 3.05) is 0 Å². The number of hydrogen-bond acceptors (Lipinski definition) is 4. The van der Waals surface area contributed by atoms with Crippen molar-refractivity contribution >= 4 is 5.69 Å². The molecule has 0 atom stereocenters. The quantitative estimate of drug-likeness (QED) is 0.611. The molecule has 0 saturated heterocycles. The van der Waals surface area contributed by atoms with Gasteiger partial charge in [0.2, 0.25) is 0 Å². The highest BCUT2D eigenvalue weighted by molar-refractivity contribution is 5.49. The Morgan fingerprint density at radius 2 is 2.06 bits per heavy atom.